The van der Waals surface area contributed by atoms with Gasteiger partial charge in [0.1, 0.15) is 5.75 Å². The van der Waals surface area contributed by atoms with E-state index in [1.165, 1.54) is 13.8 Å². The van der Waals surface area contributed by atoms with Crippen LogP contribution in [0, 0.1) is 0 Å². The van der Waals surface area contributed by atoms with Gasteiger partial charge in [0.15, 0.2) is 18.2 Å². The minimum absolute atomic E-state index is 0.0107. The molecule has 0 radical (unpaired) electrons. The molecule has 32 heavy (non-hydrogen) atoms. The van der Waals surface area contributed by atoms with Gasteiger partial charge in [-0.3, -0.25) is 19.2 Å². The minimum Gasteiger partial charge on any atom is -0.494 e. The van der Waals surface area contributed by atoms with E-state index in [1.807, 2.05) is 12.1 Å². The Morgan fingerprint density at radius 1 is 0.844 bits per heavy atom. The van der Waals surface area contributed by atoms with Crippen LogP contribution in [0.15, 0.2) is 48.5 Å². The minimum atomic E-state index is -0.455. The molecule has 2 rings (SSSR count). The quantitative estimate of drug-likeness (QED) is 0.291. The number of nitrogens with one attached hydrogen (secondary N) is 1. The number of Topliss-reactive ketones (excluding diaryl/α,β-unsaturated/α-hetero) is 2. The van der Waals surface area contributed by atoms with Gasteiger partial charge in [0.25, 0.3) is 0 Å². The molecular formula is C25H29NO6. The number of esters is 1. The molecule has 0 saturated heterocycles. The maximum atomic E-state index is 12.2. The molecule has 0 fully saturated rings. The molecule has 2 aromatic carbocycles. The Morgan fingerprint density at radius 2 is 1.50 bits per heavy atom. The molecule has 2 aromatic rings. The monoisotopic (exact) mass is 439 g/mol. The molecule has 1 amide bonds. The summed E-state index contributed by atoms with van der Waals surface area (Å²) in [6.07, 6.45) is 2.21. The van der Waals surface area contributed by atoms with Crippen LogP contribution in [-0.4, -0.2) is 43.2 Å². The van der Waals surface area contributed by atoms with Crippen LogP contribution < -0.4 is 10.1 Å². The molecule has 0 saturated carbocycles. The van der Waals surface area contributed by atoms with E-state index in [-0.39, 0.29) is 30.5 Å². The smallest absolute Gasteiger partial charge is 0.306 e. The summed E-state index contributed by atoms with van der Waals surface area (Å²) in [5, 5.41) is 2.74. The first-order chi connectivity index (χ1) is 15.3. The van der Waals surface area contributed by atoms with Crippen molar-refractivity contribution in [3.63, 3.8) is 0 Å². The van der Waals surface area contributed by atoms with Gasteiger partial charge in [-0.05, 0) is 56.0 Å². The second-order valence-electron chi connectivity index (χ2n) is 7.40. The predicted octanol–water partition coefficient (Wildman–Crippen LogP) is 3.54. The summed E-state index contributed by atoms with van der Waals surface area (Å²) in [5.41, 5.74) is 2.17. The van der Waals surface area contributed by atoms with Crippen LogP contribution in [0.3, 0.4) is 0 Å². The first-order valence-corrected chi connectivity index (χ1v) is 10.6. The van der Waals surface area contributed by atoms with E-state index in [9.17, 15) is 19.2 Å². The number of hydrogen-bond donors (Lipinski definition) is 1. The van der Waals surface area contributed by atoms with Crippen molar-refractivity contribution in [3.8, 4) is 5.75 Å². The average Bonchev–Trinajstić information content (AvgIpc) is 2.78. The van der Waals surface area contributed by atoms with Gasteiger partial charge < -0.3 is 14.8 Å². The number of carbonyl (C=O) groups is 4. The van der Waals surface area contributed by atoms with Gasteiger partial charge >= 0.3 is 5.97 Å². The van der Waals surface area contributed by atoms with E-state index >= 15 is 0 Å². The van der Waals surface area contributed by atoms with Gasteiger partial charge in [0.2, 0.25) is 5.91 Å². The molecule has 1 N–H and O–H groups in total. The summed E-state index contributed by atoms with van der Waals surface area (Å²) in [6.45, 7) is 3.63. The molecule has 0 aliphatic carbocycles. The van der Waals surface area contributed by atoms with E-state index < -0.39 is 5.97 Å². The number of ketones is 2. The Hall–Kier alpha value is -3.48. The summed E-state index contributed by atoms with van der Waals surface area (Å²) in [7, 11) is 0. The van der Waals surface area contributed by atoms with Crippen LogP contribution in [0.4, 0.5) is 0 Å². The Balaban J connectivity index is 1.63. The Kier molecular flexibility index (Phi) is 10.1. The number of aryl methyl sites for hydroxylation is 1. The van der Waals surface area contributed by atoms with Gasteiger partial charge in [0.05, 0.1) is 6.61 Å². The normalized spacial score (nSPS) is 10.3. The molecule has 0 heterocycles. The maximum Gasteiger partial charge on any atom is 0.306 e. The van der Waals surface area contributed by atoms with Crippen molar-refractivity contribution in [1.29, 1.82) is 0 Å². The third-order valence-corrected chi connectivity index (χ3v) is 4.71. The molecule has 0 bridgehead atoms. The van der Waals surface area contributed by atoms with Gasteiger partial charge in [-0.2, -0.15) is 0 Å². The van der Waals surface area contributed by atoms with Crippen LogP contribution in [0.2, 0.25) is 0 Å². The number of hydrogen-bond acceptors (Lipinski definition) is 6. The standard InChI is InChI=1S/C25H29NO6/c1-18(27)21-11-13-23(14-12-21)31-16-4-6-25(30)32-17-24(29)22-9-7-20(8-10-22)5-3-15-26-19(2)28/h7-14H,3-6,15-17H2,1-2H3,(H,26,28). The van der Waals surface area contributed by atoms with Crippen molar-refractivity contribution in [2.24, 2.45) is 0 Å². The zero-order valence-electron chi connectivity index (χ0n) is 18.5. The van der Waals surface area contributed by atoms with E-state index in [0.29, 0.717) is 36.4 Å². The highest BCUT2D eigenvalue weighted by Gasteiger charge is 2.10. The summed E-state index contributed by atoms with van der Waals surface area (Å²) < 4.78 is 10.6. The second kappa shape index (κ2) is 13.0. The number of rotatable bonds is 13. The van der Waals surface area contributed by atoms with Crippen LogP contribution in [0.1, 0.15) is 59.4 Å². The number of amides is 1. The third kappa shape index (κ3) is 9.12. The van der Waals surface area contributed by atoms with Crippen molar-refractivity contribution in [1.82, 2.24) is 5.32 Å². The maximum absolute atomic E-state index is 12.2. The highest BCUT2D eigenvalue weighted by Crippen LogP contribution is 2.13. The average molecular weight is 440 g/mol. The third-order valence-electron chi connectivity index (χ3n) is 4.71. The highest BCUT2D eigenvalue weighted by molar-refractivity contribution is 5.98. The summed E-state index contributed by atoms with van der Waals surface area (Å²) in [5.74, 6) is -0.150. The van der Waals surface area contributed by atoms with Gasteiger partial charge in [-0.25, -0.2) is 0 Å². The number of ether oxygens (including phenoxy) is 2. The zero-order valence-corrected chi connectivity index (χ0v) is 18.5. The number of carbonyl (C=O) groups excluding carboxylic acids is 4. The Morgan fingerprint density at radius 3 is 2.12 bits per heavy atom. The van der Waals surface area contributed by atoms with Crippen LogP contribution in [0.25, 0.3) is 0 Å². The first kappa shape index (κ1) is 24.8. The molecule has 0 unspecified atom stereocenters. The molecule has 0 spiro atoms. The van der Waals surface area contributed by atoms with Crippen LogP contribution in [0.5, 0.6) is 5.75 Å². The molecule has 0 aromatic heterocycles. The lowest BCUT2D eigenvalue weighted by Gasteiger charge is -2.08. The summed E-state index contributed by atoms with van der Waals surface area (Å²) in [4.78, 5) is 46.2. The number of benzene rings is 2. The molecule has 170 valence electrons. The fourth-order valence-corrected chi connectivity index (χ4v) is 2.91. The summed E-state index contributed by atoms with van der Waals surface area (Å²) in [6, 6.07) is 14.0. The lowest BCUT2D eigenvalue weighted by atomic mass is 10.1. The molecule has 0 atom stereocenters. The van der Waals surface area contributed by atoms with Crippen LogP contribution in [-0.2, 0) is 20.7 Å². The Labute approximate surface area is 188 Å². The van der Waals surface area contributed by atoms with E-state index in [0.717, 1.165) is 18.4 Å². The predicted molar refractivity (Wildman–Crippen MR) is 120 cm³/mol. The molecule has 0 aliphatic rings. The van der Waals surface area contributed by atoms with Crippen molar-refractivity contribution in [2.75, 3.05) is 19.8 Å². The van der Waals surface area contributed by atoms with Gasteiger partial charge in [-0.1, -0.05) is 24.3 Å². The van der Waals surface area contributed by atoms with E-state index in [1.54, 1.807) is 36.4 Å². The highest BCUT2D eigenvalue weighted by atomic mass is 16.5. The van der Waals surface area contributed by atoms with E-state index in [2.05, 4.69) is 5.32 Å². The van der Waals surface area contributed by atoms with E-state index in [4.69, 9.17) is 9.47 Å². The largest absolute Gasteiger partial charge is 0.494 e. The zero-order chi connectivity index (χ0) is 23.3. The molecule has 7 heteroatoms. The van der Waals surface area contributed by atoms with Gasteiger partial charge in [0, 0.05) is 31.0 Å². The van der Waals surface area contributed by atoms with Crippen molar-refractivity contribution < 1.29 is 28.7 Å². The SMILES string of the molecule is CC(=O)NCCCc1ccc(C(=O)COC(=O)CCCOc2ccc(C(C)=O)cc2)cc1. The lowest BCUT2D eigenvalue weighted by Crippen LogP contribution is -2.21. The van der Waals surface area contributed by atoms with Crippen molar-refractivity contribution in [3.05, 3.63) is 65.2 Å². The second-order valence-corrected chi connectivity index (χ2v) is 7.40. The van der Waals surface area contributed by atoms with Crippen LogP contribution >= 0.6 is 0 Å². The molecule has 7 nitrogen and oxygen atoms in total. The lowest BCUT2D eigenvalue weighted by molar-refractivity contribution is -0.142. The first-order valence-electron chi connectivity index (χ1n) is 10.6. The van der Waals surface area contributed by atoms with Crippen molar-refractivity contribution in [2.45, 2.75) is 39.5 Å². The Bertz CT molecular complexity index is 918. The molecule has 0 aliphatic heterocycles. The fourth-order valence-electron chi connectivity index (χ4n) is 2.91. The summed E-state index contributed by atoms with van der Waals surface area (Å²) >= 11 is 0. The van der Waals surface area contributed by atoms with Gasteiger partial charge in [-0.15, -0.1) is 0 Å². The fraction of sp³-hybridized carbons (Fsp3) is 0.360. The topological polar surface area (TPSA) is 98.8 Å². The van der Waals surface area contributed by atoms with Crippen molar-refractivity contribution >= 4 is 23.4 Å². The molecular weight excluding hydrogens is 410 g/mol.